The van der Waals surface area contributed by atoms with Gasteiger partial charge < -0.3 is 10.6 Å². The molecule has 148 valence electrons. The van der Waals surface area contributed by atoms with E-state index in [0.29, 0.717) is 16.0 Å². The first-order valence-electron chi connectivity index (χ1n) is 8.54. The van der Waals surface area contributed by atoms with Crippen molar-refractivity contribution in [1.29, 1.82) is 0 Å². The largest absolute Gasteiger partial charge is 0.355 e. The predicted octanol–water partition coefficient (Wildman–Crippen LogP) is 0.867. The molecule has 0 fully saturated rings. The molecule has 10 heteroatoms. The van der Waals surface area contributed by atoms with Gasteiger partial charge in [0.05, 0.1) is 10.5 Å². The van der Waals surface area contributed by atoms with Crippen LogP contribution in [0.3, 0.4) is 0 Å². The first-order valence-corrected chi connectivity index (χ1v) is 8.54. The third-order valence-electron chi connectivity index (χ3n) is 4.38. The van der Waals surface area contributed by atoms with Crippen LogP contribution >= 0.6 is 0 Å². The van der Waals surface area contributed by atoms with E-state index in [2.05, 4.69) is 10.6 Å². The summed E-state index contributed by atoms with van der Waals surface area (Å²) in [6.07, 6.45) is 0. The maximum absolute atomic E-state index is 12.5. The Bertz CT molecular complexity index is 1050. The number of benzene rings is 2. The zero-order valence-corrected chi connectivity index (χ0v) is 15.3. The third kappa shape index (κ3) is 3.81. The van der Waals surface area contributed by atoms with E-state index in [1.165, 1.54) is 19.2 Å². The van der Waals surface area contributed by atoms with Gasteiger partial charge in [0, 0.05) is 25.2 Å². The standard InChI is InChI=1S/C19H16N4O6/c1-20-17(25)12-5-2-4-11(8-12)9-21-15(24)10-22-18(26)13-6-3-7-14(23(28)29)16(13)19(22)27/h2-8H,9-10H2,1H3,(H,20,25)(H,21,24). The van der Waals surface area contributed by atoms with Gasteiger partial charge in [-0.3, -0.25) is 34.2 Å². The van der Waals surface area contributed by atoms with Crippen LogP contribution in [-0.2, 0) is 11.3 Å². The topological polar surface area (TPSA) is 139 Å². The molecule has 0 radical (unpaired) electrons. The highest BCUT2D eigenvalue weighted by Crippen LogP contribution is 2.30. The minimum Gasteiger partial charge on any atom is -0.355 e. The molecule has 0 aromatic heterocycles. The number of hydrogen-bond donors (Lipinski definition) is 2. The van der Waals surface area contributed by atoms with E-state index < -0.39 is 34.9 Å². The maximum Gasteiger partial charge on any atom is 0.282 e. The molecule has 0 saturated carbocycles. The normalized spacial score (nSPS) is 12.5. The van der Waals surface area contributed by atoms with Crippen LogP contribution in [0.25, 0.3) is 0 Å². The van der Waals surface area contributed by atoms with Crippen molar-refractivity contribution in [3.8, 4) is 0 Å². The van der Waals surface area contributed by atoms with Gasteiger partial charge in [-0.05, 0) is 23.8 Å². The molecule has 2 N–H and O–H groups in total. The monoisotopic (exact) mass is 396 g/mol. The lowest BCUT2D eigenvalue weighted by Crippen LogP contribution is -2.40. The van der Waals surface area contributed by atoms with Crippen LogP contribution in [0, 0.1) is 10.1 Å². The number of rotatable bonds is 6. The average molecular weight is 396 g/mol. The summed E-state index contributed by atoms with van der Waals surface area (Å²) in [6, 6.07) is 10.3. The summed E-state index contributed by atoms with van der Waals surface area (Å²) in [5.74, 6) is -2.53. The first kappa shape index (κ1) is 19.7. The number of nitrogens with one attached hydrogen (secondary N) is 2. The van der Waals surface area contributed by atoms with Gasteiger partial charge >= 0.3 is 0 Å². The van der Waals surface area contributed by atoms with E-state index in [-0.39, 0.29) is 23.6 Å². The summed E-state index contributed by atoms with van der Waals surface area (Å²) in [6.45, 7) is -0.494. The van der Waals surface area contributed by atoms with Gasteiger partial charge in [-0.15, -0.1) is 0 Å². The Morgan fingerprint density at radius 3 is 2.52 bits per heavy atom. The van der Waals surface area contributed by atoms with E-state index in [4.69, 9.17) is 0 Å². The molecule has 10 nitrogen and oxygen atoms in total. The Kier molecular flexibility index (Phi) is 5.35. The molecule has 0 bridgehead atoms. The molecule has 0 saturated heterocycles. The molecule has 2 aromatic carbocycles. The molecular formula is C19H16N4O6. The molecule has 4 amide bonds. The quantitative estimate of drug-likeness (QED) is 0.422. The third-order valence-corrected chi connectivity index (χ3v) is 4.38. The van der Waals surface area contributed by atoms with Crippen LogP contribution in [0.2, 0.25) is 0 Å². The fraction of sp³-hybridized carbons (Fsp3) is 0.158. The lowest BCUT2D eigenvalue weighted by atomic mass is 10.1. The van der Waals surface area contributed by atoms with Gasteiger partial charge in [0.25, 0.3) is 23.4 Å². The van der Waals surface area contributed by atoms with Gasteiger partial charge in [0.1, 0.15) is 12.1 Å². The number of nitrogens with zero attached hydrogens (tertiary/aromatic N) is 2. The lowest BCUT2D eigenvalue weighted by molar-refractivity contribution is -0.385. The van der Waals surface area contributed by atoms with Crippen molar-refractivity contribution >= 4 is 29.3 Å². The van der Waals surface area contributed by atoms with Crippen LogP contribution in [0.15, 0.2) is 42.5 Å². The number of hydrogen-bond acceptors (Lipinski definition) is 6. The van der Waals surface area contributed by atoms with Crippen LogP contribution < -0.4 is 10.6 Å². The molecular weight excluding hydrogens is 380 g/mol. The number of carbonyl (C=O) groups excluding carboxylic acids is 4. The number of nitro benzene ring substituents is 1. The number of amides is 4. The molecule has 2 aromatic rings. The second-order valence-electron chi connectivity index (χ2n) is 6.21. The summed E-state index contributed by atoms with van der Waals surface area (Å²) in [5, 5.41) is 16.2. The zero-order chi connectivity index (χ0) is 21.1. The Hall–Kier alpha value is -4.08. The fourth-order valence-corrected chi connectivity index (χ4v) is 2.98. The van der Waals surface area contributed by atoms with Crippen molar-refractivity contribution in [2.45, 2.75) is 6.54 Å². The average Bonchev–Trinajstić information content (AvgIpc) is 2.96. The van der Waals surface area contributed by atoms with E-state index >= 15 is 0 Å². The van der Waals surface area contributed by atoms with Crippen molar-refractivity contribution in [1.82, 2.24) is 15.5 Å². The molecule has 1 aliphatic rings. The SMILES string of the molecule is CNC(=O)c1cccc(CNC(=O)CN2C(=O)c3cccc([N+](=O)[O-])c3C2=O)c1. The Balaban J connectivity index is 1.68. The van der Waals surface area contributed by atoms with Crippen molar-refractivity contribution < 1.29 is 24.1 Å². The van der Waals surface area contributed by atoms with E-state index in [0.717, 1.165) is 6.07 Å². The smallest absolute Gasteiger partial charge is 0.282 e. The molecule has 1 aliphatic heterocycles. The number of nitro groups is 1. The van der Waals surface area contributed by atoms with Crippen LogP contribution in [-0.4, -0.2) is 47.0 Å². The Morgan fingerprint density at radius 2 is 1.83 bits per heavy atom. The minimum absolute atomic E-state index is 0.0764. The second-order valence-corrected chi connectivity index (χ2v) is 6.21. The lowest BCUT2D eigenvalue weighted by Gasteiger charge is -2.13. The molecule has 0 unspecified atom stereocenters. The highest BCUT2D eigenvalue weighted by Gasteiger charge is 2.41. The van der Waals surface area contributed by atoms with Crippen LogP contribution in [0.5, 0.6) is 0 Å². The number of imide groups is 1. The van der Waals surface area contributed by atoms with Crippen LogP contribution in [0.1, 0.15) is 36.6 Å². The van der Waals surface area contributed by atoms with Crippen molar-refractivity contribution in [2.24, 2.45) is 0 Å². The molecule has 29 heavy (non-hydrogen) atoms. The summed E-state index contributed by atoms with van der Waals surface area (Å²) >= 11 is 0. The number of carbonyl (C=O) groups is 4. The molecule has 1 heterocycles. The van der Waals surface area contributed by atoms with Gasteiger partial charge in [-0.25, -0.2) is 0 Å². The molecule has 0 atom stereocenters. The molecule has 0 spiro atoms. The Labute approximate surface area is 164 Å². The van der Waals surface area contributed by atoms with E-state index in [1.807, 2.05) is 0 Å². The van der Waals surface area contributed by atoms with Gasteiger partial charge in [0.2, 0.25) is 5.91 Å². The Morgan fingerprint density at radius 1 is 1.10 bits per heavy atom. The van der Waals surface area contributed by atoms with Gasteiger partial charge in [-0.1, -0.05) is 18.2 Å². The maximum atomic E-state index is 12.5. The summed E-state index contributed by atoms with van der Waals surface area (Å²) in [7, 11) is 1.50. The van der Waals surface area contributed by atoms with E-state index in [1.54, 1.807) is 24.3 Å². The highest BCUT2D eigenvalue weighted by molar-refractivity contribution is 6.24. The van der Waals surface area contributed by atoms with Crippen LogP contribution in [0.4, 0.5) is 5.69 Å². The first-order chi connectivity index (χ1) is 13.8. The minimum atomic E-state index is -0.880. The van der Waals surface area contributed by atoms with Crippen molar-refractivity contribution in [3.05, 3.63) is 74.8 Å². The van der Waals surface area contributed by atoms with Crippen molar-refractivity contribution in [2.75, 3.05) is 13.6 Å². The van der Waals surface area contributed by atoms with Gasteiger partial charge in [0.15, 0.2) is 0 Å². The fourth-order valence-electron chi connectivity index (χ4n) is 2.98. The van der Waals surface area contributed by atoms with E-state index in [9.17, 15) is 29.3 Å². The molecule has 0 aliphatic carbocycles. The van der Waals surface area contributed by atoms with Gasteiger partial charge in [-0.2, -0.15) is 0 Å². The van der Waals surface area contributed by atoms with Crippen molar-refractivity contribution in [3.63, 3.8) is 0 Å². The second kappa shape index (κ2) is 7.89. The summed E-state index contributed by atoms with van der Waals surface area (Å²) in [4.78, 5) is 59.8. The highest BCUT2D eigenvalue weighted by atomic mass is 16.6. The molecule has 3 rings (SSSR count). The predicted molar refractivity (Wildman–Crippen MR) is 100 cm³/mol. The summed E-state index contributed by atoms with van der Waals surface area (Å²) < 4.78 is 0. The summed E-state index contributed by atoms with van der Waals surface area (Å²) in [5.41, 5.74) is 0.183. The number of fused-ring (bicyclic) bond motifs is 1. The zero-order valence-electron chi connectivity index (χ0n) is 15.3.